The summed E-state index contributed by atoms with van der Waals surface area (Å²) in [6, 6.07) is 5.97. The number of aliphatic imine (C=N–C) groups is 1. The van der Waals surface area contributed by atoms with Gasteiger partial charge in [0, 0.05) is 17.7 Å². The van der Waals surface area contributed by atoms with Crippen LogP contribution in [0.4, 0.5) is 5.69 Å². The van der Waals surface area contributed by atoms with Crippen LogP contribution >= 0.6 is 0 Å². The topological polar surface area (TPSA) is 21.6 Å². The van der Waals surface area contributed by atoms with E-state index in [1.807, 2.05) is 25.1 Å². The lowest BCUT2D eigenvalue weighted by Gasteiger charge is -2.04. The Kier molecular flexibility index (Phi) is 1.61. The highest BCUT2D eigenvalue weighted by Crippen LogP contribution is 2.33. The van der Waals surface area contributed by atoms with Gasteiger partial charge in [0.05, 0.1) is 12.8 Å². The number of ether oxygens (including phenoxy) is 1. The van der Waals surface area contributed by atoms with Gasteiger partial charge in [-0.05, 0) is 19.1 Å². The summed E-state index contributed by atoms with van der Waals surface area (Å²) in [5.74, 6) is 0.952. The first kappa shape index (κ1) is 7.35. The molecule has 0 bridgehead atoms. The van der Waals surface area contributed by atoms with E-state index in [0.29, 0.717) is 0 Å². The average molecular weight is 161 g/mol. The maximum absolute atomic E-state index is 5.23. The van der Waals surface area contributed by atoms with Crippen LogP contribution < -0.4 is 4.74 Å². The van der Waals surface area contributed by atoms with Gasteiger partial charge in [0.25, 0.3) is 0 Å². The van der Waals surface area contributed by atoms with Crippen LogP contribution in [0.5, 0.6) is 5.75 Å². The van der Waals surface area contributed by atoms with Crippen LogP contribution in [0.2, 0.25) is 0 Å². The van der Waals surface area contributed by atoms with Gasteiger partial charge in [-0.2, -0.15) is 0 Å². The van der Waals surface area contributed by atoms with Crippen LogP contribution in [0, 0.1) is 0 Å². The quantitative estimate of drug-likeness (QED) is 0.619. The number of benzene rings is 1. The molecule has 2 nitrogen and oxygen atoms in total. The fourth-order valence-corrected chi connectivity index (χ4v) is 1.53. The Balaban J connectivity index is 2.51. The zero-order chi connectivity index (χ0) is 8.55. The summed E-state index contributed by atoms with van der Waals surface area (Å²) >= 11 is 0. The largest absolute Gasteiger partial charge is 0.496 e. The fourth-order valence-electron chi connectivity index (χ4n) is 1.53. The Morgan fingerprint density at radius 1 is 1.42 bits per heavy atom. The molecular formula is C10H11NO. The third-order valence-electron chi connectivity index (χ3n) is 2.07. The summed E-state index contributed by atoms with van der Waals surface area (Å²) in [4.78, 5) is 4.40. The van der Waals surface area contributed by atoms with Crippen LogP contribution in [0.3, 0.4) is 0 Å². The highest BCUT2D eigenvalue weighted by atomic mass is 16.5. The van der Waals surface area contributed by atoms with Crippen LogP contribution in [0.1, 0.15) is 12.5 Å². The number of hydrogen-bond acceptors (Lipinski definition) is 2. The monoisotopic (exact) mass is 161 g/mol. The summed E-state index contributed by atoms with van der Waals surface area (Å²) < 4.78 is 5.23. The van der Waals surface area contributed by atoms with Crippen molar-refractivity contribution in [1.29, 1.82) is 0 Å². The first-order valence-electron chi connectivity index (χ1n) is 4.01. The van der Waals surface area contributed by atoms with Gasteiger partial charge in [-0.1, -0.05) is 6.07 Å². The van der Waals surface area contributed by atoms with Crippen molar-refractivity contribution in [2.75, 3.05) is 7.11 Å². The first-order chi connectivity index (χ1) is 5.81. The van der Waals surface area contributed by atoms with E-state index in [4.69, 9.17) is 4.74 Å². The second-order valence-corrected chi connectivity index (χ2v) is 2.98. The maximum Gasteiger partial charge on any atom is 0.124 e. The molecule has 1 aliphatic rings. The molecule has 12 heavy (non-hydrogen) atoms. The van der Waals surface area contributed by atoms with Crippen molar-refractivity contribution in [3.63, 3.8) is 0 Å². The van der Waals surface area contributed by atoms with E-state index < -0.39 is 0 Å². The van der Waals surface area contributed by atoms with E-state index in [-0.39, 0.29) is 0 Å². The molecule has 1 aliphatic heterocycles. The summed E-state index contributed by atoms with van der Waals surface area (Å²) in [5, 5.41) is 0. The SMILES string of the molecule is COc1cccc2c1CC(C)=N2. The predicted molar refractivity (Wildman–Crippen MR) is 49.5 cm³/mol. The van der Waals surface area contributed by atoms with Gasteiger partial charge in [-0.15, -0.1) is 0 Å². The molecule has 0 saturated carbocycles. The van der Waals surface area contributed by atoms with E-state index in [9.17, 15) is 0 Å². The van der Waals surface area contributed by atoms with Crippen molar-refractivity contribution >= 4 is 11.4 Å². The lowest BCUT2D eigenvalue weighted by atomic mass is 10.1. The molecule has 1 heterocycles. The molecular weight excluding hydrogens is 150 g/mol. The average Bonchev–Trinajstić information content (AvgIpc) is 2.44. The summed E-state index contributed by atoms with van der Waals surface area (Å²) in [5.41, 5.74) is 3.44. The van der Waals surface area contributed by atoms with Gasteiger partial charge in [0.2, 0.25) is 0 Å². The Hall–Kier alpha value is -1.31. The van der Waals surface area contributed by atoms with Gasteiger partial charge in [-0.3, -0.25) is 4.99 Å². The number of nitrogens with zero attached hydrogens (tertiary/aromatic N) is 1. The summed E-state index contributed by atoms with van der Waals surface area (Å²) in [6.45, 7) is 2.04. The van der Waals surface area contributed by atoms with Crippen molar-refractivity contribution in [1.82, 2.24) is 0 Å². The molecule has 0 spiro atoms. The minimum atomic E-state index is 0.930. The maximum atomic E-state index is 5.23. The van der Waals surface area contributed by atoms with E-state index in [1.165, 1.54) is 5.56 Å². The molecule has 0 saturated heterocycles. The molecule has 0 radical (unpaired) electrons. The lowest BCUT2D eigenvalue weighted by molar-refractivity contribution is 0.411. The Bertz CT molecular complexity index is 342. The van der Waals surface area contributed by atoms with Crippen molar-refractivity contribution in [3.8, 4) is 5.75 Å². The Morgan fingerprint density at radius 2 is 2.25 bits per heavy atom. The standard InChI is InChI=1S/C10H11NO/c1-7-6-8-9(11-7)4-3-5-10(8)12-2/h3-5H,6H2,1-2H3. The molecule has 0 aliphatic carbocycles. The minimum absolute atomic E-state index is 0.930. The second-order valence-electron chi connectivity index (χ2n) is 2.98. The molecule has 0 atom stereocenters. The van der Waals surface area contributed by atoms with Gasteiger partial charge < -0.3 is 4.74 Å². The van der Waals surface area contributed by atoms with Crippen LogP contribution in [-0.2, 0) is 6.42 Å². The summed E-state index contributed by atoms with van der Waals surface area (Å²) in [7, 11) is 1.70. The molecule has 62 valence electrons. The molecule has 2 heteroatoms. The highest BCUT2D eigenvalue weighted by Gasteiger charge is 2.14. The number of fused-ring (bicyclic) bond motifs is 1. The van der Waals surface area contributed by atoms with Crippen molar-refractivity contribution in [3.05, 3.63) is 23.8 Å². The van der Waals surface area contributed by atoms with E-state index >= 15 is 0 Å². The molecule has 0 aromatic heterocycles. The van der Waals surface area contributed by atoms with Gasteiger partial charge in [0.1, 0.15) is 5.75 Å². The van der Waals surface area contributed by atoms with Gasteiger partial charge in [-0.25, -0.2) is 0 Å². The molecule has 0 N–H and O–H groups in total. The van der Waals surface area contributed by atoms with Crippen molar-refractivity contribution < 1.29 is 4.74 Å². The second kappa shape index (κ2) is 2.63. The minimum Gasteiger partial charge on any atom is -0.496 e. The fraction of sp³-hybridized carbons (Fsp3) is 0.300. The zero-order valence-electron chi connectivity index (χ0n) is 7.29. The van der Waals surface area contributed by atoms with Crippen LogP contribution in [0.15, 0.2) is 23.2 Å². The lowest BCUT2D eigenvalue weighted by Crippen LogP contribution is -1.93. The number of rotatable bonds is 1. The zero-order valence-corrected chi connectivity index (χ0v) is 7.29. The van der Waals surface area contributed by atoms with Crippen molar-refractivity contribution in [2.45, 2.75) is 13.3 Å². The van der Waals surface area contributed by atoms with E-state index in [1.54, 1.807) is 7.11 Å². The first-order valence-corrected chi connectivity index (χ1v) is 4.01. The molecule has 0 unspecified atom stereocenters. The molecule has 2 rings (SSSR count). The molecule has 0 fully saturated rings. The molecule has 1 aromatic carbocycles. The molecule has 1 aromatic rings. The third-order valence-corrected chi connectivity index (χ3v) is 2.07. The highest BCUT2D eigenvalue weighted by molar-refractivity contribution is 5.93. The molecule has 0 amide bonds. The summed E-state index contributed by atoms with van der Waals surface area (Å²) in [6.07, 6.45) is 0.930. The number of methoxy groups -OCH3 is 1. The van der Waals surface area contributed by atoms with Gasteiger partial charge >= 0.3 is 0 Å². The Morgan fingerprint density at radius 3 is 3.00 bits per heavy atom. The van der Waals surface area contributed by atoms with Gasteiger partial charge in [0.15, 0.2) is 0 Å². The predicted octanol–water partition coefficient (Wildman–Crippen LogP) is 2.34. The van der Waals surface area contributed by atoms with Crippen molar-refractivity contribution in [2.24, 2.45) is 4.99 Å². The van der Waals surface area contributed by atoms with E-state index in [2.05, 4.69) is 4.99 Å². The normalized spacial score (nSPS) is 14.0. The number of hydrogen-bond donors (Lipinski definition) is 0. The third kappa shape index (κ3) is 0.998. The van der Waals surface area contributed by atoms with Crippen LogP contribution in [0.25, 0.3) is 0 Å². The smallest absolute Gasteiger partial charge is 0.124 e. The Labute approximate surface area is 71.9 Å². The van der Waals surface area contributed by atoms with E-state index in [0.717, 1.165) is 23.6 Å². The van der Waals surface area contributed by atoms with Crippen LogP contribution in [-0.4, -0.2) is 12.8 Å².